The maximum absolute atomic E-state index is 12.2. The highest BCUT2D eigenvalue weighted by molar-refractivity contribution is 5.95. The van der Waals surface area contributed by atoms with E-state index in [1.165, 1.54) is 24.3 Å². The Kier molecular flexibility index (Phi) is 3.98. The Morgan fingerprint density at radius 1 is 1.35 bits per heavy atom. The highest BCUT2D eigenvalue weighted by atomic mass is 16.6. The van der Waals surface area contributed by atoms with E-state index < -0.39 is 4.92 Å². The van der Waals surface area contributed by atoms with E-state index in [0.717, 1.165) is 12.8 Å². The van der Waals surface area contributed by atoms with Crippen LogP contribution >= 0.6 is 0 Å². The molecular weight excluding hydrogens is 256 g/mol. The van der Waals surface area contributed by atoms with E-state index in [2.05, 4.69) is 5.32 Å². The van der Waals surface area contributed by atoms with Crippen molar-refractivity contribution in [3.63, 3.8) is 0 Å². The Balaban J connectivity index is 2.13. The molecule has 0 aliphatic heterocycles. The first kappa shape index (κ1) is 14.0. The SMILES string of the molecule is CC[C@@]1(NC(=O)c2ccc([N+](=O)[O-])cc2)C=CC=CC1. The van der Waals surface area contributed by atoms with Crippen LogP contribution < -0.4 is 5.32 Å². The molecule has 1 amide bonds. The first-order valence-electron chi connectivity index (χ1n) is 6.48. The normalized spacial score (nSPS) is 20.6. The van der Waals surface area contributed by atoms with Crippen LogP contribution in [-0.2, 0) is 0 Å². The van der Waals surface area contributed by atoms with Crippen LogP contribution in [0.2, 0.25) is 0 Å². The number of amides is 1. The zero-order chi connectivity index (χ0) is 14.6. The Hall–Kier alpha value is -2.43. The summed E-state index contributed by atoms with van der Waals surface area (Å²) >= 11 is 0. The molecule has 20 heavy (non-hydrogen) atoms. The van der Waals surface area contributed by atoms with E-state index in [9.17, 15) is 14.9 Å². The van der Waals surface area contributed by atoms with Crippen LogP contribution in [0.15, 0.2) is 48.6 Å². The third kappa shape index (κ3) is 2.93. The van der Waals surface area contributed by atoms with Crippen molar-refractivity contribution in [3.8, 4) is 0 Å². The predicted octanol–water partition coefficient (Wildman–Crippen LogP) is 2.99. The fourth-order valence-corrected chi connectivity index (χ4v) is 2.14. The van der Waals surface area contributed by atoms with Crippen molar-refractivity contribution in [2.24, 2.45) is 0 Å². The van der Waals surface area contributed by atoms with Gasteiger partial charge in [-0.25, -0.2) is 0 Å². The van der Waals surface area contributed by atoms with E-state index in [0.29, 0.717) is 5.56 Å². The largest absolute Gasteiger partial charge is 0.343 e. The number of nitro groups is 1. The number of hydrogen-bond acceptors (Lipinski definition) is 3. The fraction of sp³-hybridized carbons (Fsp3) is 0.267. The lowest BCUT2D eigenvalue weighted by Gasteiger charge is -2.31. The minimum Gasteiger partial charge on any atom is -0.343 e. The zero-order valence-electron chi connectivity index (χ0n) is 11.2. The smallest absolute Gasteiger partial charge is 0.269 e. The highest BCUT2D eigenvalue weighted by Crippen LogP contribution is 2.22. The number of nitrogens with zero attached hydrogens (tertiary/aromatic N) is 1. The highest BCUT2D eigenvalue weighted by Gasteiger charge is 2.27. The van der Waals surface area contributed by atoms with Crippen LogP contribution in [0.5, 0.6) is 0 Å². The van der Waals surface area contributed by atoms with Crippen LogP contribution in [0.4, 0.5) is 5.69 Å². The van der Waals surface area contributed by atoms with E-state index >= 15 is 0 Å². The maximum Gasteiger partial charge on any atom is 0.269 e. The molecule has 0 heterocycles. The number of nitro benzene ring substituents is 1. The van der Waals surface area contributed by atoms with Gasteiger partial charge in [-0.2, -0.15) is 0 Å². The number of nitrogens with one attached hydrogen (secondary N) is 1. The first-order valence-corrected chi connectivity index (χ1v) is 6.48. The van der Waals surface area contributed by atoms with Crippen molar-refractivity contribution in [1.82, 2.24) is 5.32 Å². The van der Waals surface area contributed by atoms with Crippen molar-refractivity contribution in [1.29, 1.82) is 0 Å². The second-order valence-electron chi connectivity index (χ2n) is 4.76. The van der Waals surface area contributed by atoms with Crippen LogP contribution in [0.3, 0.4) is 0 Å². The molecule has 0 bridgehead atoms. The molecule has 0 aromatic heterocycles. The molecule has 0 spiro atoms. The van der Waals surface area contributed by atoms with E-state index in [4.69, 9.17) is 0 Å². The van der Waals surface area contributed by atoms with Gasteiger partial charge in [0.1, 0.15) is 0 Å². The van der Waals surface area contributed by atoms with Gasteiger partial charge in [0.15, 0.2) is 0 Å². The summed E-state index contributed by atoms with van der Waals surface area (Å²) in [7, 11) is 0. The molecule has 0 unspecified atom stereocenters. The summed E-state index contributed by atoms with van der Waals surface area (Å²) in [5, 5.41) is 13.6. The number of allylic oxidation sites excluding steroid dienone is 2. The fourth-order valence-electron chi connectivity index (χ4n) is 2.14. The quantitative estimate of drug-likeness (QED) is 0.676. The van der Waals surface area contributed by atoms with E-state index in [-0.39, 0.29) is 17.1 Å². The molecule has 5 heteroatoms. The Morgan fingerprint density at radius 3 is 2.55 bits per heavy atom. The molecule has 1 aliphatic carbocycles. The lowest BCUT2D eigenvalue weighted by atomic mass is 9.88. The van der Waals surface area contributed by atoms with Gasteiger partial charge in [0.2, 0.25) is 0 Å². The first-order chi connectivity index (χ1) is 9.56. The van der Waals surface area contributed by atoms with Crippen molar-refractivity contribution >= 4 is 11.6 Å². The summed E-state index contributed by atoms with van der Waals surface area (Å²) in [6, 6.07) is 5.62. The average molecular weight is 272 g/mol. The van der Waals surface area contributed by atoms with Gasteiger partial charge in [-0.1, -0.05) is 31.2 Å². The van der Waals surface area contributed by atoms with Gasteiger partial charge < -0.3 is 5.32 Å². The number of rotatable bonds is 4. The number of benzene rings is 1. The maximum atomic E-state index is 12.2. The molecule has 1 aromatic carbocycles. The van der Waals surface area contributed by atoms with Crippen molar-refractivity contribution in [2.75, 3.05) is 0 Å². The van der Waals surface area contributed by atoms with Crippen LogP contribution in [0.1, 0.15) is 30.1 Å². The van der Waals surface area contributed by atoms with Gasteiger partial charge >= 0.3 is 0 Å². The van der Waals surface area contributed by atoms with Gasteiger partial charge in [-0.3, -0.25) is 14.9 Å². The molecule has 1 N–H and O–H groups in total. The molecule has 1 aliphatic rings. The minimum absolute atomic E-state index is 0.0211. The molecular formula is C15H16N2O3. The van der Waals surface area contributed by atoms with Crippen LogP contribution in [0, 0.1) is 10.1 Å². The topological polar surface area (TPSA) is 72.2 Å². The molecule has 5 nitrogen and oxygen atoms in total. The van der Waals surface area contributed by atoms with Gasteiger partial charge in [0.05, 0.1) is 10.5 Å². The summed E-state index contributed by atoms with van der Waals surface area (Å²) in [5.41, 5.74) is 0.0341. The molecule has 2 rings (SSSR count). The molecule has 0 saturated carbocycles. The summed E-state index contributed by atoms with van der Waals surface area (Å²) in [6.07, 6.45) is 9.40. The van der Waals surface area contributed by atoms with E-state index in [1.807, 2.05) is 31.2 Å². The third-order valence-electron chi connectivity index (χ3n) is 3.48. The standard InChI is InChI=1S/C15H16N2O3/c1-2-15(10-4-3-5-11-15)16-14(18)12-6-8-13(9-7-12)17(19)20/h3-10H,2,11H2,1H3,(H,16,18)/t15-/m1/s1. The number of non-ortho nitro benzene ring substituents is 1. The van der Waals surface area contributed by atoms with Gasteiger partial charge in [-0.05, 0) is 25.0 Å². The van der Waals surface area contributed by atoms with Gasteiger partial charge in [-0.15, -0.1) is 0 Å². The summed E-state index contributed by atoms with van der Waals surface area (Å²) in [4.78, 5) is 22.3. The molecule has 0 saturated heterocycles. The summed E-state index contributed by atoms with van der Waals surface area (Å²) in [6.45, 7) is 2.01. The number of carbonyl (C=O) groups is 1. The molecule has 0 radical (unpaired) electrons. The Labute approximate surface area is 117 Å². The molecule has 1 aromatic rings. The lowest BCUT2D eigenvalue weighted by molar-refractivity contribution is -0.384. The average Bonchev–Trinajstić information content (AvgIpc) is 2.48. The van der Waals surface area contributed by atoms with Crippen molar-refractivity contribution in [3.05, 3.63) is 64.2 Å². The van der Waals surface area contributed by atoms with Crippen LogP contribution in [-0.4, -0.2) is 16.4 Å². The van der Waals surface area contributed by atoms with Crippen molar-refractivity contribution < 1.29 is 9.72 Å². The number of hydrogen-bond donors (Lipinski definition) is 1. The molecule has 0 fully saturated rings. The van der Waals surface area contributed by atoms with Gasteiger partial charge in [0.25, 0.3) is 11.6 Å². The second-order valence-corrected chi connectivity index (χ2v) is 4.76. The molecule has 104 valence electrons. The second kappa shape index (κ2) is 5.69. The van der Waals surface area contributed by atoms with E-state index in [1.54, 1.807) is 0 Å². The zero-order valence-corrected chi connectivity index (χ0v) is 11.2. The summed E-state index contributed by atoms with van der Waals surface area (Å²) in [5.74, 6) is -0.221. The monoisotopic (exact) mass is 272 g/mol. The predicted molar refractivity (Wildman–Crippen MR) is 76.5 cm³/mol. The Bertz CT molecular complexity index is 575. The Morgan fingerprint density at radius 2 is 2.05 bits per heavy atom. The number of carbonyl (C=O) groups excluding carboxylic acids is 1. The minimum atomic E-state index is -0.482. The van der Waals surface area contributed by atoms with Crippen molar-refractivity contribution in [2.45, 2.75) is 25.3 Å². The third-order valence-corrected chi connectivity index (χ3v) is 3.48. The van der Waals surface area contributed by atoms with Gasteiger partial charge in [0, 0.05) is 17.7 Å². The lowest BCUT2D eigenvalue weighted by Crippen LogP contribution is -2.46. The van der Waals surface area contributed by atoms with Crippen LogP contribution in [0.25, 0.3) is 0 Å². The summed E-state index contributed by atoms with van der Waals surface area (Å²) < 4.78 is 0. The molecule has 1 atom stereocenters.